The highest BCUT2D eigenvalue weighted by Gasteiger charge is 2.08. The number of benzene rings is 2. The van der Waals surface area contributed by atoms with E-state index in [0.717, 1.165) is 10.9 Å². The first-order chi connectivity index (χ1) is 9.67. The summed E-state index contributed by atoms with van der Waals surface area (Å²) in [4.78, 5) is 11.1. The number of phenols is 1. The van der Waals surface area contributed by atoms with Crippen LogP contribution in [0.1, 0.15) is 5.56 Å². The van der Waals surface area contributed by atoms with Crippen LogP contribution in [0.25, 0.3) is 22.1 Å². The second-order valence-corrected chi connectivity index (χ2v) is 4.35. The SMILES string of the molecule is N#Cc1ccc(-c2cc3ccc(=O)oc3cc2O)cc1. The highest BCUT2D eigenvalue weighted by Crippen LogP contribution is 2.32. The summed E-state index contributed by atoms with van der Waals surface area (Å²) in [5, 5.41) is 19.6. The number of nitrogens with zero attached hydrogens (tertiary/aromatic N) is 1. The first kappa shape index (κ1) is 12.0. The molecule has 0 amide bonds. The number of phenolic OH excluding ortho intramolecular Hbond substituents is 1. The highest BCUT2D eigenvalue weighted by molar-refractivity contribution is 5.86. The van der Waals surface area contributed by atoms with Crippen LogP contribution in [0.5, 0.6) is 5.75 Å². The quantitative estimate of drug-likeness (QED) is 0.685. The van der Waals surface area contributed by atoms with Crippen LogP contribution in [0.2, 0.25) is 0 Å². The molecule has 20 heavy (non-hydrogen) atoms. The predicted molar refractivity (Wildman–Crippen MR) is 74.3 cm³/mol. The van der Waals surface area contributed by atoms with E-state index in [9.17, 15) is 9.90 Å². The van der Waals surface area contributed by atoms with Gasteiger partial charge in [0, 0.05) is 23.1 Å². The van der Waals surface area contributed by atoms with Crippen molar-refractivity contribution < 1.29 is 9.52 Å². The van der Waals surface area contributed by atoms with Crippen molar-refractivity contribution >= 4 is 11.0 Å². The molecular weight excluding hydrogens is 254 g/mol. The van der Waals surface area contributed by atoms with E-state index in [1.54, 1.807) is 36.4 Å². The van der Waals surface area contributed by atoms with Crippen LogP contribution in [0.15, 0.2) is 57.7 Å². The van der Waals surface area contributed by atoms with Gasteiger partial charge in [-0.3, -0.25) is 0 Å². The number of hydrogen-bond donors (Lipinski definition) is 1. The standard InChI is InChI=1S/C16H9NO3/c17-9-10-1-3-11(4-2-10)13-7-12-5-6-16(19)20-15(12)8-14(13)18/h1-8,18H. The molecule has 0 aliphatic heterocycles. The van der Waals surface area contributed by atoms with Gasteiger partial charge in [-0.15, -0.1) is 0 Å². The van der Waals surface area contributed by atoms with Gasteiger partial charge >= 0.3 is 5.63 Å². The number of nitriles is 1. The van der Waals surface area contributed by atoms with Gasteiger partial charge in [-0.2, -0.15) is 5.26 Å². The van der Waals surface area contributed by atoms with Crippen molar-refractivity contribution in [3.05, 3.63) is 64.5 Å². The molecule has 96 valence electrons. The molecular formula is C16H9NO3. The summed E-state index contributed by atoms with van der Waals surface area (Å²) in [6.07, 6.45) is 0. The van der Waals surface area contributed by atoms with Crippen LogP contribution >= 0.6 is 0 Å². The number of fused-ring (bicyclic) bond motifs is 1. The fraction of sp³-hybridized carbons (Fsp3) is 0. The van der Waals surface area contributed by atoms with Crippen molar-refractivity contribution in [2.75, 3.05) is 0 Å². The van der Waals surface area contributed by atoms with E-state index in [-0.39, 0.29) is 5.75 Å². The molecule has 0 saturated carbocycles. The van der Waals surface area contributed by atoms with Crippen molar-refractivity contribution in [3.8, 4) is 22.9 Å². The van der Waals surface area contributed by atoms with E-state index >= 15 is 0 Å². The topological polar surface area (TPSA) is 74.2 Å². The van der Waals surface area contributed by atoms with Crippen molar-refractivity contribution in [1.82, 2.24) is 0 Å². The van der Waals surface area contributed by atoms with Crippen LogP contribution in [0.3, 0.4) is 0 Å². The molecule has 3 rings (SSSR count). The zero-order chi connectivity index (χ0) is 14.1. The third-order valence-corrected chi connectivity index (χ3v) is 3.06. The Labute approximate surface area is 114 Å². The number of aromatic hydroxyl groups is 1. The van der Waals surface area contributed by atoms with E-state index in [0.29, 0.717) is 16.7 Å². The zero-order valence-corrected chi connectivity index (χ0v) is 10.3. The summed E-state index contributed by atoms with van der Waals surface area (Å²) in [5.41, 5.74) is 1.85. The van der Waals surface area contributed by atoms with Crippen molar-refractivity contribution in [1.29, 1.82) is 5.26 Å². The largest absolute Gasteiger partial charge is 0.507 e. The summed E-state index contributed by atoms with van der Waals surface area (Å²) in [5.74, 6) is 0.0246. The fourth-order valence-electron chi connectivity index (χ4n) is 2.06. The molecule has 1 N–H and O–H groups in total. The zero-order valence-electron chi connectivity index (χ0n) is 10.3. The summed E-state index contributed by atoms with van der Waals surface area (Å²) >= 11 is 0. The average Bonchev–Trinajstić information content (AvgIpc) is 2.46. The lowest BCUT2D eigenvalue weighted by Gasteiger charge is -2.06. The molecule has 0 saturated heterocycles. The van der Waals surface area contributed by atoms with Gasteiger partial charge in [0.25, 0.3) is 0 Å². The normalized spacial score (nSPS) is 10.3. The molecule has 1 heterocycles. The molecule has 0 radical (unpaired) electrons. The van der Waals surface area contributed by atoms with Gasteiger partial charge in [-0.1, -0.05) is 12.1 Å². The van der Waals surface area contributed by atoms with E-state index in [4.69, 9.17) is 9.68 Å². The van der Waals surface area contributed by atoms with E-state index < -0.39 is 5.63 Å². The Hall–Kier alpha value is -3.06. The van der Waals surface area contributed by atoms with Gasteiger partial charge in [-0.05, 0) is 29.8 Å². The molecule has 0 aliphatic rings. The average molecular weight is 263 g/mol. The summed E-state index contributed by atoms with van der Waals surface area (Å²) < 4.78 is 5.01. The minimum Gasteiger partial charge on any atom is -0.507 e. The fourth-order valence-corrected chi connectivity index (χ4v) is 2.06. The summed E-state index contributed by atoms with van der Waals surface area (Å²) in [6, 6.07) is 15.1. The van der Waals surface area contributed by atoms with Gasteiger partial charge in [0.15, 0.2) is 0 Å². The van der Waals surface area contributed by atoms with Gasteiger partial charge in [-0.25, -0.2) is 4.79 Å². The molecule has 4 heteroatoms. The molecule has 0 fully saturated rings. The molecule has 0 atom stereocenters. The van der Waals surface area contributed by atoms with Crippen molar-refractivity contribution in [2.24, 2.45) is 0 Å². The van der Waals surface area contributed by atoms with Crippen molar-refractivity contribution in [2.45, 2.75) is 0 Å². The van der Waals surface area contributed by atoms with Crippen LogP contribution in [0.4, 0.5) is 0 Å². The number of hydrogen-bond acceptors (Lipinski definition) is 4. The molecule has 2 aromatic carbocycles. The molecule has 1 aromatic heterocycles. The Morgan fingerprint density at radius 3 is 2.50 bits per heavy atom. The van der Waals surface area contributed by atoms with Gasteiger partial charge < -0.3 is 9.52 Å². The first-order valence-electron chi connectivity index (χ1n) is 5.95. The van der Waals surface area contributed by atoms with Gasteiger partial charge in [0.05, 0.1) is 11.6 Å². The third kappa shape index (κ3) is 2.02. The Bertz CT molecular complexity index is 886. The predicted octanol–water partition coefficient (Wildman–Crippen LogP) is 3.04. The number of rotatable bonds is 1. The lowest BCUT2D eigenvalue weighted by molar-refractivity contribution is 0.475. The molecule has 4 nitrogen and oxygen atoms in total. The minimum absolute atomic E-state index is 0.0246. The molecule has 3 aromatic rings. The maximum Gasteiger partial charge on any atom is 0.336 e. The maximum absolute atomic E-state index is 11.1. The Morgan fingerprint density at radius 2 is 1.80 bits per heavy atom. The molecule has 0 bridgehead atoms. The van der Waals surface area contributed by atoms with Crippen LogP contribution in [-0.4, -0.2) is 5.11 Å². The lowest BCUT2D eigenvalue weighted by Crippen LogP contribution is -1.94. The van der Waals surface area contributed by atoms with Gasteiger partial charge in [0.2, 0.25) is 0 Å². The van der Waals surface area contributed by atoms with Crippen molar-refractivity contribution in [3.63, 3.8) is 0 Å². The van der Waals surface area contributed by atoms with E-state index in [1.165, 1.54) is 12.1 Å². The summed E-state index contributed by atoms with van der Waals surface area (Å²) in [6.45, 7) is 0. The highest BCUT2D eigenvalue weighted by atomic mass is 16.4. The first-order valence-corrected chi connectivity index (χ1v) is 5.95. The Morgan fingerprint density at radius 1 is 1.05 bits per heavy atom. The Kier molecular flexibility index (Phi) is 2.73. The monoisotopic (exact) mass is 263 g/mol. The smallest absolute Gasteiger partial charge is 0.336 e. The van der Waals surface area contributed by atoms with Crippen LogP contribution in [-0.2, 0) is 0 Å². The molecule has 0 aliphatic carbocycles. The van der Waals surface area contributed by atoms with Crippen LogP contribution < -0.4 is 5.63 Å². The molecule has 0 spiro atoms. The Balaban J connectivity index is 2.20. The molecule has 0 unspecified atom stereocenters. The van der Waals surface area contributed by atoms with E-state index in [2.05, 4.69) is 0 Å². The summed E-state index contributed by atoms with van der Waals surface area (Å²) in [7, 11) is 0. The third-order valence-electron chi connectivity index (χ3n) is 3.06. The minimum atomic E-state index is -0.456. The lowest BCUT2D eigenvalue weighted by atomic mass is 10.0. The second-order valence-electron chi connectivity index (χ2n) is 4.35. The van der Waals surface area contributed by atoms with Crippen LogP contribution in [0, 0.1) is 11.3 Å². The van der Waals surface area contributed by atoms with E-state index in [1.807, 2.05) is 6.07 Å². The van der Waals surface area contributed by atoms with Gasteiger partial charge in [0.1, 0.15) is 11.3 Å². The second kappa shape index (κ2) is 4.56. The maximum atomic E-state index is 11.1.